The first-order chi connectivity index (χ1) is 13.2. The summed E-state index contributed by atoms with van der Waals surface area (Å²) >= 11 is 6.01. The molecule has 0 fully saturated rings. The molecule has 1 aromatic carbocycles. The van der Waals surface area contributed by atoms with Gasteiger partial charge in [0.25, 0.3) is 0 Å². The number of hydrogen-bond acceptors (Lipinski definition) is 3. The molecule has 0 saturated carbocycles. The summed E-state index contributed by atoms with van der Waals surface area (Å²) in [7, 11) is 0. The quantitative estimate of drug-likeness (QED) is 0.461. The second-order valence-corrected chi connectivity index (χ2v) is 7.09. The molecule has 0 aliphatic rings. The summed E-state index contributed by atoms with van der Waals surface area (Å²) in [6.45, 7) is 0. The molecular formula is C23H23ClN2O. The van der Waals surface area contributed by atoms with E-state index in [0.29, 0.717) is 12.0 Å². The third kappa shape index (κ3) is 6.30. The zero-order chi connectivity index (χ0) is 18.9. The highest BCUT2D eigenvalue weighted by atomic mass is 35.5. The van der Waals surface area contributed by atoms with Crippen molar-refractivity contribution in [1.29, 1.82) is 0 Å². The van der Waals surface area contributed by atoms with E-state index in [1.165, 1.54) is 11.1 Å². The van der Waals surface area contributed by atoms with Crippen LogP contribution in [-0.4, -0.2) is 15.8 Å². The van der Waals surface area contributed by atoms with E-state index in [0.717, 1.165) is 42.8 Å². The maximum absolute atomic E-state index is 12.3. The minimum absolute atomic E-state index is 0.155. The summed E-state index contributed by atoms with van der Waals surface area (Å²) < 4.78 is 0. The van der Waals surface area contributed by atoms with Crippen molar-refractivity contribution in [3.05, 3.63) is 94.5 Å². The smallest absolute Gasteiger partial charge is 0.164 e. The van der Waals surface area contributed by atoms with Gasteiger partial charge in [-0.05, 0) is 79.6 Å². The normalized spacial score (nSPS) is 10.7. The molecular weight excluding hydrogens is 356 g/mol. The highest BCUT2D eigenvalue weighted by molar-refractivity contribution is 6.30. The Labute approximate surface area is 165 Å². The number of ketones is 1. The average Bonchev–Trinajstić information content (AvgIpc) is 2.69. The second kappa shape index (κ2) is 9.98. The van der Waals surface area contributed by atoms with Crippen LogP contribution < -0.4 is 0 Å². The van der Waals surface area contributed by atoms with Gasteiger partial charge >= 0.3 is 0 Å². The monoisotopic (exact) mass is 378 g/mol. The Morgan fingerprint density at radius 1 is 0.889 bits per heavy atom. The number of carbonyl (C=O) groups is 1. The van der Waals surface area contributed by atoms with Gasteiger partial charge in [-0.2, -0.15) is 0 Å². The van der Waals surface area contributed by atoms with Gasteiger partial charge in [-0.1, -0.05) is 23.7 Å². The van der Waals surface area contributed by atoms with Crippen molar-refractivity contribution in [1.82, 2.24) is 9.97 Å². The van der Waals surface area contributed by atoms with Gasteiger partial charge in [-0.3, -0.25) is 14.8 Å². The van der Waals surface area contributed by atoms with Gasteiger partial charge < -0.3 is 0 Å². The number of aromatic nitrogens is 2. The molecule has 0 radical (unpaired) electrons. The van der Waals surface area contributed by atoms with Crippen LogP contribution in [0.2, 0.25) is 5.02 Å². The van der Waals surface area contributed by atoms with Crippen LogP contribution in [0.5, 0.6) is 0 Å². The van der Waals surface area contributed by atoms with Crippen LogP contribution in [0.3, 0.4) is 0 Å². The Morgan fingerprint density at radius 2 is 1.70 bits per heavy atom. The standard InChI is InChI=1S/C23H23ClN2O/c24-21-7-1-5-19(16-21)6-2-8-22-11-10-20(17-26-22)23(27)9-3-4-18-12-14-25-15-13-18/h1,5,7,10-17H,2-4,6,8-9H2. The molecule has 0 amide bonds. The van der Waals surface area contributed by atoms with E-state index in [-0.39, 0.29) is 5.78 Å². The molecule has 0 N–H and O–H groups in total. The van der Waals surface area contributed by atoms with Gasteiger partial charge in [0.15, 0.2) is 5.78 Å². The zero-order valence-electron chi connectivity index (χ0n) is 15.3. The number of aryl methyl sites for hydroxylation is 3. The van der Waals surface area contributed by atoms with E-state index >= 15 is 0 Å². The SMILES string of the molecule is O=C(CCCc1ccncc1)c1ccc(CCCc2cccc(Cl)c2)nc1. The average molecular weight is 379 g/mol. The molecule has 0 spiro atoms. The number of hydrogen-bond donors (Lipinski definition) is 0. The third-order valence-corrected chi connectivity index (χ3v) is 4.79. The molecule has 0 atom stereocenters. The number of carbonyl (C=O) groups excluding carboxylic acids is 1. The molecule has 4 heteroatoms. The van der Waals surface area contributed by atoms with E-state index in [1.54, 1.807) is 18.6 Å². The van der Waals surface area contributed by atoms with Crippen molar-refractivity contribution in [2.24, 2.45) is 0 Å². The first-order valence-electron chi connectivity index (χ1n) is 9.32. The Hall–Kier alpha value is -2.52. The highest BCUT2D eigenvalue weighted by Crippen LogP contribution is 2.14. The predicted octanol–water partition coefficient (Wildman–Crippen LogP) is 5.51. The maximum Gasteiger partial charge on any atom is 0.164 e. The van der Waals surface area contributed by atoms with Gasteiger partial charge in [-0.15, -0.1) is 0 Å². The summed E-state index contributed by atoms with van der Waals surface area (Å²) in [5, 5.41) is 0.775. The van der Waals surface area contributed by atoms with Gasteiger partial charge in [0.1, 0.15) is 0 Å². The summed E-state index contributed by atoms with van der Waals surface area (Å²) in [4.78, 5) is 20.8. The lowest BCUT2D eigenvalue weighted by molar-refractivity contribution is 0.0980. The van der Waals surface area contributed by atoms with Crippen LogP contribution in [0.15, 0.2) is 67.1 Å². The Bertz CT molecular complexity index is 863. The second-order valence-electron chi connectivity index (χ2n) is 6.65. The first-order valence-corrected chi connectivity index (χ1v) is 9.70. The Balaban J connectivity index is 1.43. The molecule has 2 aromatic heterocycles. The van der Waals surface area contributed by atoms with Gasteiger partial charge in [0.05, 0.1) is 0 Å². The summed E-state index contributed by atoms with van der Waals surface area (Å²) in [5.74, 6) is 0.155. The molecule has 0 aliphatic carbocycles. The largest absolute Gasteiger partial charge is 0.294 e. The summed E-state index contributed by atoms with van der Waals surface area (Å²) in [6.07, 6.45) is 10.4. The van der Waals surface area contributed by atoms with E-state index in [1.807, 2.05) is 42.5 Å². The van der Waals surface area contributed by atoms with Crippen LogP contribution in [-0.2, 0) is 19.3 Å². The number of pyridine rings is 2. The Morgan fingerprint density at radius 3 is 2.44 bits per heavy atom. The molecule has 138 valence electrons. The number of Topliss-reactive ketones (excluding diaryl/α,β-unsaturated/α-hetero) is 1. The lowest BCUT2D eigenvalue weighted by atomic mass is 10.0. The molecule has 27 heavy (non-hydrogen) atoms. The molecule has 0 unspecified atom stereocenters. The molecule has 0 saturated heterocycles. The fourth-order valence-electron chi connectivity index (χ4n) is 3.05. The zero-order valence-corrected chi connectivity index (χ0v) is 16.0. The van der Waals surface area contributed by atoms with Crippen molar-refractivity contribution in [3.63, 3.8) is 0 Å². The fourth-order valence-corrected chi connectivity index (χ4v) is 3.26. The molecule has 3 nitrogen and oxygen atoms in total. The minimum atomic E-state index is 0.155. The number of benzene rings is 1. The topological polar surface area (TPSA) is 42.9 Å². The van der Waals surface area contributed by atoms with Crippen molar-refractivity contribution in [3.8, 4) is 0 Å². The lowest BCUT2D eigenvalue weighted by Crippen LogP contribution is -2.02. The van der Waals surface area contributed by atoms with E-state index in [9.17, 15) is 4.79 Å². The van der Waals surface area contributed by atoms with Gasteiger partial charge in [0, 0.05) is 41.3 Å². The number of rotatable bonds is 9. The Kier molecular flexibility index (Phi) is 7.11. The summed E-state index contributed by atoms with van der Waals surface area (Å²) in [6, 6.07) is 15.8. The minimum Gasteiger partial charge on any atom is -0.294 e. The molecule has 2 heterocycles. The molecule has 3 rings (SSSR count). The molecule has 0 bridgehead atoms. The van der Waals surface area contributed by atoms with Crippen molar-refractivity contribution in [2.45, 2.75) is 38.5 Å². The van der Waals surface area contributed by atoms with E-state index in [2.05, 4.69) is 16.0 Å². The van der Waals surface area contributed by atoms with Crippen LogP contribution in [0.4, 0.5) is 0 Å². The fraction of sp³-hybridized carbons (Fsp3) is 0.261. The van der Waals surface area contributed by atoms with Crippen molar-refractivity contribution < 1.29 is 4.79 Å². The first kappa shape index (κ1) is 19.2. The van der Waals surface area contributed by atoms with Gasteiger partial charge in [-0.25, -0.2) is 0 Å². The van der Waals surface area contributed by atoms with Crippen molar-refractivity contribution >= 4 is 17.4 Å². The summed E-state index contributed by atoms with van der Waals surface area (Å²) in [5.41, 5.74) is 4.17. The van der Waals surface area contributed by atoms with E-state index in [4.69, 9.17) is 11.6 Å². The van der Waals surface area contributed by atoms with E-state index < -0.39 is 0 Å². The van der Waals surface area contributed by atoms with Crippen LogP contribution >= 0.6 is 11.6 Å². The number of halogens is 1. The highest BCUT2D eigenvalue weighted by Gasteiger charge is 2.07. The van der Waals surface area contributed by atoms with Crippen molar-refractivity contribution in [2.75, 3.05) is 0 Å². The number of nitrogens with zero attached hydrogens (tertiary/aromatic N) is 2. The lowest BCUT2D eigenvalue weighted by Gasteiger charge is -2.05. The van der Waals surface area contributed by atoms with Crippen LogP contribution in [0, 0.1) is 0 Å². The molecule has 0 aliphatic heterocycles. The van der Waals surface area contributed by atoms with Crippen LogP contribution in [0.25, 0.3) is 0 Å². The third-order valence-electron chi connectivity index (χ3n) is 4.55. The predicted molar refractivity (Wildman–Crippen MR) is 109 cm³/mol. The molecule has 3 aromatic rings. The maximum atomic E-state index is 12.3. The van der Waals surface area contributed by atoms with Gasteiger partial charge in [0.2, 0.25) is 0 Å². The van der Waals surface area contributed by atoms with Crippen LogP contribution in [0.1, 0.15) is 46.4 Å².